The summed E-state index contributed by atoms with van der Waals surface area (Å²) < 4.78 is 26.3. The standard InChI is InChI=1S/C24H44N6O3S/c25-16-7-9-17(10-8-16)29-24(31)22-21(26)19-11-6-15(23(27)28)14-20(19)30(22)12-13-34(32,33)18-4-2-1-3-5-18/h15-22H,1-14,25-26H2,(H3,27,28)(H,29,31). The van der Waals surface area contributed by atoms with Crippen molar-refractivity contribution in [2.24, 2.45) is 29.0 Å². The monoisotopic (exact) mass is 496 g/mol. The number of hydrogen-bond acceptors (Lipinski definition) is 7. The summed E-state index contributed by atoms with van der Waals surface area (Å²) in [4.78, 5) is 15.6. The number of amidine groups is 1. The first-order valence-electron chi connectivity index (χ1n) is 13.3. The lowest BCUT2D eigenvalue weighted by Gasteiger charge is -2.37. The number of fused-ring (bicyclic) bond motifs is 1. The molecular formula is C24H44N6O3S. The molecule has 5 atom stereocenters. The summed E-state index contributed by atoms with van der Waals surface area (Å²) in [5.41, 5.74) is 18.6. The van der Waals surface area contributed by atoms with E-state index in [9.17, 15) is 13.2 Å². The Kier molecular flexibility index (Phi) is 8.21. The SMILES string of the molecule is N=C(N)C1CCC2C(N)C(C(=O)NC3CCC(N)CC3)N(CCS(=O)(=O)C3CCCCC3)C2C1. The number of carbonyl (C=O) groups excluding carboxylic acids is 1. The van der Waals surface area contributed by atoms with Gasteiger partial charge in [-0.1, -0.05) is 19.3 Å². The maximum Gasteiger partial charge on any atom is 0.239 e. The summed E-state index contributed by atoms with van der Waals surface area (Å²) in [5, 5.41) is 10.9. The molecule has 1 saturated heterocycles. The maximum absolute atomic E-state index is 13.5. The van der Waals surface area contributed by atoms with E-state index in [1.54, 1.807) is 0 Å². The Balaban J connectivity index is 1.50. The zero-order valence-electron chi connectivity index (χ0n) is 20.3. The maximum atomic E-state index is 13.5. The number of nitrogens with two attached hydrogens (primary N) is 3. The molecular weight excluding hydrogens is 452 g/mol. The fourth-order valence-corrected chi connectivity index (χ4v) is 8.80. The Hall–Kier alpha value is -1.23. The van der Waals surface area contributed by atoms with Crippen LogP contribution in [0.25, 0.3) is 0 Å². The van der Waals surface area contributed by atoms with E-state index < -0.39 is 15.9 Å². The van der Waals surface area contributed by atoms with Crippen LogP contribution in [0.3, 0.4) is 0 Å². The number of hydrogen-bond donors (Lipinski definition) is 5. The highest BCUT2D eigenvalue weighted by atomic mass is 32.2. The summed E-state index contributed by atoms with van der Waals surface area (Å²) in [6.45, 7) is 0.311. The number of likely N-dealkylation sites (tertiary alicyclic amines) is 1. The number of amides is 1. The van der Waals surface area contributed by atoms with E-state index in [4.69, 9.17) is 22.6 Å². The summed E-state index contributed by atoms with van der Waals surface area (Å²) >= 11 is 0. The number of rotatable bonds is 7. The molecule has 4 fully saturated rings. The molecule has 9 nitrogen and oxygen atoms in total. The van der Waals surface area contributed by atoms with Crippen LogP contribution in [0.4, 0.5) is 0 Å². The minimum Gasteiger partial charge on any atom is -0.387 e. The largest absolute Gasteiger partial charge is 0.387 e. The van der Waals surface area contributed by atoms with Crippen molar-refractivity contribution in [3.05, 3.63) is 0 Å². The lowest BCUT2D eigenvalue weighted by molar-refractivity contribution is -0.127. The molecule has 0 spiro atoms. The lowest BCUT2D eigenvalue weighted by Crippen LogP contribution is -2.55. The molecule has 3 saturated carbocycles. The molecule has 0 radical (unpaired) electrons. The molecule has 1 amide bonds. The third kappa shape index (κ3) is 5.60. The molecule has 10 heteroatoms. The first-order chi connectivity index (χ1) is 16.2. The second kappa shape index (κ2) is 10.8. The fourth-order valence-electron chi connectivity index (χ4n) is 6.95. The van der Waals surface area contributed by atoms with Gasteiger partial charge in [0.2, 0.25) is 5.91 Å². The third-order valence-electron chi connectivity index (χ3n) is 9.03. The van der Waals surface area contributed by atoms with Crippen LogP contribution < -0.4 is 22.5 Å². The molecule has 4 aliphatic rings. The van der Waals surface area contributed by atoms with Gasteiger partial charge in [-0.2, -0.15) is 0 Å². The average molecular weight is 497 g/mol. The van der Waals surface area contributed by atoms with E-state index in [1.807, 2.05) is 0 Å². The molecule has 4 rings (SSSR count). The van der Waals surface area contributed by atoms with Crippen molar-refractivity contribution >= 4 is 21.6 Å². The van der Waals surface area contributed by atoms with Gasteiger partial charge in [-0.3, -0.25) is 15.1 Å². The molecule has 1 heterocycles. The van der Waals surface area contributed by atoms with Crippen molar-refractivity contribution in [2.75, 3.05) is 12.3 Å². The molecule has 0 aromatic rings. The van der Waals surface area contributed by atoms with Gasteiger partial charge >= 0.3 is 0 Å². The van der Waals surface area contributed by atoms with E-state index in [0.717, 1.165) is 70.6 Å². The quantitative estimate of drug-likeness (QED) is 0.257. The Morgan fingerprint density at radius 2 is 1.65 bits per heavy atom. The van der Waals surface area contributed by atoms with Crippen LogP contribution in [-0.2, 0) is 14.6 Å². The van der Waals surface area contributed by atoms with Crippen molar-refractivity contribution < 1.29 is 13.2 Å². The zero-order chi connectivity index (χ0) is 24.5. The molecule has 0 aromatic heterocycles. The van der Waals surface area contributed by atoms with Crippen LogP contribution in [0.5, 0.6) is 0 Å². The highest BCUT2D eigenvalue weighted by molar-refractivity contribution is 7.92. The number of nitrogens with zero attached hydrogens (tertiary/aromatic N) is 1. The first-order valence-corrected chi connectivity index (χ1v) is 15.0. The predicted molar refractivity (Wildman–Crippen MR) is 134 cm³/mol. The van der Waals surface area contributed by atoms with E-state index in [-0.39, 0.29) is 58.7 Å². The van der Waals surface area contributed by atoms with Crippen molar-refractivity contribution in [1.29, 1.82) is 5.41 Å². The summed E-state index contributed by atoms with van der Waals surface area (Å²) in [7, 11) is -3.23. The van der Waals surface area contributed by atoms with Gasteiger partial charge in [0, 0.05) is 36.6 Å². The topological polar surface area (TPSA) is 168 Å². The smallest absolute Gasteiger partial charge is 0.239 e. The minimum atomic E-state index is -3.23. The Labute approximate surface area is 204 Å². The molecule has 3 aliphatic carbocycles. The number of carbonyl (C=O) groups is 1. The lowest BCUT2D eigenvalue weighted by atomic mass is 9.76. The summed E-state index contributed by atoms with van der Waals surface area (Å²) in [5.74, 6) is 0.224. The fraction of sp³-hybridized carbons (Fsp3) is 0.917. The van der Waals surface area contributed by atoms with Crippen LogP contribution >= 0.6 is 0 Å². The molecule has 8 N–H and O–H groups in total. The molecule has 0 bridgehead atoms. The van der Waals surface area contributed by atoms with Gasteiger partial charge in [0.25, 0.3) is 0 Å². The second-order valence-electron chi connectivity index (χ2n) is 11.2. The van der Waals surface area contributed by atoms with E-state index in [2.05, 4.69) is 10.2 Å². The zero-order valence-corrected chi connectivity index (χ0v) is 21.1. The van der Waals surface area contributed by atoms with Gasteiger partial charge in [0.15, 0.2) is 9.84 Å². The van der Waals surface area contributed by atoms with E-state index in [1.165, 1.54) is 0 Å². The molecule has 5 unspecified atom stereocenters. The molecule has 0 aromatic carbocycles. The van der Waals surface area contributed by atoms with Crippen molar-refractivity contribution in [1.82, 2.24) is 10.2 Å². The van der Waals surface area contributed by atoms with Gasteiger partial charge in [-0.05, 0) is 63.7 Å². The molecule has 194 valence electrons. The van der Waals surface area contributed by atoms with E-state index >= 15 is 0 Å². The van der Waals surface area contributed by atoms with E-state index in [0.29, 0.717) is 13.0 Å². The van der Waals surface area contributed by atoms with Crippen LogP contribution in [0.1, 0.15) is 77.0 Å². The Morgan fingerprint density at radius 1 is 0.971 bits per heavy atom. The number of nitrogens with one attached hydrogen (secondary N) is 2. The van der Waals surface area contributed by atoms with Crippen LogP contribution in [0.15, 0.2) is 0 Å². The van der Waals surface area contributed by atoms with Gasteiger partial charge in [0.1, 0.15) is 6.04 Å². The first kappa shape index (κ1) is 25.9. The van der Waals surface area contributed by atoms with Crippen LogP contribution in [0.2, 0.25) is 0 Å². The predicted octanol–water partition coefficient (Wildman–Crippen LogP) is 0.852. The van der Waals surface area contributed by atoms with Gasteiger partial charge in [-0.25, -0.2) is 8.42 Å². The van der Waals surface area contributed by atoms with Gasteiger partial charge in [-0.15, -0.1) is 0 Å². The summed E-state index contributed by atoms with van der Waals surface area (Å²) in [6.07, 6.45) is 10.3. The Morgan fingerprint density at radius 3 is 2.29 bits per heavy atom. The highest BCUT2D eigenvalue weighted by Crippen LogP contribution is 2.41. The van der Waals surface area contributed by atoms with Crippen LogP contribution in [-0.4, -0.2) is 72.8 Å². The van der Waals surface area contributed by atoms with Gasteiger partial charge in [0.05, 0.1) is 16.8 Å². The van der Waals surface area contributed by atoms with Crippen molar-refractivity contribution in [3.8, 4) is 0 Å². The average Bonchev–Trinajstić information content (AvgIpc) is 3.11. The second-order valence-corrected chi connectivity index (χ2v) is 13.6. The van der Waals surface area contributed by atoms with Crippen molar-refractivity contribution in [3.63, 3.8) is 0 Å². The van der Waals surface area contributed by atoms with Crippen molar-refractivity contribution in [2.45, 2.75) is 113 Å². The summed E-state index contributed by atoms with van der Waals surface area (Å²) in [6, 6.07) is -0.608. The van der Waals surface area contributed by atoms with Gasteiger partial charge < -0.3 is 22.5 Å². The molecule has 1 aliphatic heterocycles. The van der Waals surface area contributed by atoms with Crippen LogP contribution in [0, 0.1) is 17.2 Å². The number of sulfone groups is 1. The third-order valence-corrected chi connectivity index (χ3v) is 11.3. The minimum absolute atomic E-state index is 0.0188. The highest BCUT2D eigenvalue weighted by Gasteiger charge is 2.52. The Bertz CT molecular complexity index is 838. The molecule has 34 heavy (non-hydrogen) atoms. The normalized spacial score (nSPS) is 37.8.